The second-order valence-electron chi connectivity index (χ2n) is 10.4. The van der Waals surface area contributed by atoms with Crippen molar-refractivity contribution in [3.63, 3.8) is 0 Å². The van der Waals surface area contributed by atoms with Gasteiger partial charge >= 0.3 is 6.09 Å². The highest BCUT2D eigenvalue weighted by Crippen LogP contribution is 2.42. The summed E-state index contributed by atoms with van der Waals surface area (Å²) in [7, 11) is -1.16. The van der Waals surface area contributed by atoms with Crippen LogP contribution < -0.4 is 9.62 Å². The molecule has 2 aliphatic heterocycles. The normalized spacial score (nSPS) is 22.9. The van der Waals surface area contributed by atoms with E-state index in [0.717, 1.165) is 31.7 Å². The van der Waals surface area contributed by atoms with Crippen molar-refractivity contribution in [2.24, 2.45) is 5.41 Å². The average molecular weight is 437 g/mol. The van der Waals surface area contributed by atoms with Gasteiger partial charge in [-0.05, 0) is 66.5 Å². The zero-order valence-corrected chi connectivity index (χ0v) is 19.9. The van der Waals surface area contributed by atoms with Gasteiger partial charge in [-0.25, -0.2) is 18.7 Å². The molecule has 1 aromatic rings. The molecular formula is C22H36N4O3S. The first-order chi connectivity index (χ1) is 13.9. The molecule has 2 saturated heterocycles. The number of nitrogens with one attached hydrogen (secondary N) is 1. The maximum absolute atomic E-state index is 12.9. The molecule has 0 unspecified atom stereocenters. The number of amides is 1. The Morgan fingerprint density at radius 2 is 1.87 bits per heavy atom. The van der Waals surface area contributed by atoms with Crippen LogP contribution in [0, 0.1) is 5.41 Å². The molecular weight excluding hydrogens is 400 g/mol. The molecule has 2 atom stereocenters. The number of likely N-dealkylation sites (tertiary alicyclic amines) is 1. The Bertz CT molecular complexity index is 765. The lowest BCUT2D eigenvalue weighted by Crippen LogP contribution is -2.54. The maximum atomic E-state index is 12.9. The molecule has 1 spiro atoms. The second kappa shape index (κ2) is 8.46. The van der Waals surface area contributed by atoms with Gasteiger partial charge in [0.15, 0.2) is 0 Å². The minimum Gasteiger partial charge on any atom is -0.444 e. The van der Waals surface area contributed by atoms with Crippen LogP contribution in [0.4, 0.5) is 10.6 Å². The number of ether oxygens (including phenoxy) is 1. The van der Waals surface area contributed by atoms with Gasteiger partial charge in [-0.3, -0.25) is 0 Å². The van der Waals surface area contributed by atoms with E-state index in [1.54, 1.807) is 11.1 Å². The fourth-order valence-electron chi connectivity index (χ4n) is 4.12. The van der Waals surface area contributed by atoms with Gasteiger partial charge < -0.3 is 14.5 Å². The van der Waals surface area contributed by atoms with Crippen LogP contribution in [0.25, 0.3) is 0 Å². The number of rotatable bonds is 3. The van der Waals surface area contributed by atoms with Gasteiger partial charge in [-0.2, -0.15) is 0 Å². The van der Waals surface area contributed by atoms with E-state index in [0.29, 0.717) is 13.1 Å². The highest BCUT2D eigenvalue weighted by atomic mass is 32.2. The zero-order valence-electron chi connectivity index (χ0n) is 19.1. The van der Waals surface area contributed by atoms with E-state index in [1.165, 1.54) is 0 Å². The molecule has 2 fully saturated rings. The van der Waals surface area contributed by atoms with Crippen LogP contribution in [0.15, 0.2) is 24.4 Å². The summed E-state index contributed by atoms with van der Waals surface area (Å²) in [6.45, 7) is 14.5. The Morgan fingerprint density at radius 1 is 1.20 bits per heavy atom. The van der Waals surface area contributed by atoms with Crippen molar-refractivity contribution >= 4 is 22.9 Å². The van der Waals surface area contributed by atoms with E-state index in [-0.39, 0.29) is 22.3 Å². The summed E-state index contributed by atoms with van der Waals surface area (Å²) >= 11 is 0. The summed E-state index contributed by atoms with van der Waals surface area (Å²) in [5.74, 6) is 0.942. The Morgan fingerprint density at radius 3 is 2.40 bits per heavy atom. The van der Waals surface area contributed by atoms with Gasteiger partial charge in [0, 0.05) is 43.8 Å². The van der Waals surface area contributed by atoms with E-state index >= 15 is 0 Å². The first-order valence-electron chi connectivity index (χ1n) is 10.7. The predicted molar refractivity (Wildman–Crippen MR) is 121 cm³/mol. The molecule has 0 aliphatic carbocycles. The van der Waals surface area contributed by atoms with Gasteiger partial charge in [-0.1, -0.05) is 6.07 Å². The summed E-state index contributed by atoms with van der Waals surface area (Å²) in [4.78, 5) is 21.1. The molecule has 0 bridgehead atoms. The Balaban J connectivity index is 1.76. The quantitative estimate of drug-likeness (QED) is 0.787. The summed E-state index contributed by atoms with van der Waals surface area (Å²) in [6.07, 6.45) is 3.24. The van der Waals surface area contributed by atoms with Crippen LogP contribution >= 0.6 is 0 Å². The molecule has 1 amide bonds. The van der Waals surface area contributed by atoms with Gasteiger partial charge in [0.05, 0.1) is 15.7 Å². The third-order valence-corrected chi connectivity index (χ3v) is 7.45. The van der Waals surface area contributed by atoms with E-state index in [1.807, 2.05) is 59.7 Å². The molecule has 1 aromatic heterocycles. The number of pyridine rings is 1. The number of anilines is 1. The summed E-state index contributed by atoms with van der Waals surface area (Å²) < 4.78 is 21.6. The van der Waals surface area contributed by atoms with Gasteiger partial charge in [0.25, 0.3) is 0 Å². The van der Waals surface area contributed by atoms with Crippen molar-refractivity contribution in [2.75, 3.05) is 31.1 Å². The number of piperidine rings is 1. The van der Waals surface area contributed by atoms with Crippen LogP contribution in [0.2, 0.25) is 0 Å². The molecule has 3 heterocycles. The molecule has 0 saturated carbocycles. The maximum Gasteiger partial charge on any atom is 0.410 e. The van der Waals surface area contributed by atoms with Gasteiger partial charge in [-0.15, -0.1) is 0 Å². The highest BCUT2D eigenvalue weighted by molar-refractivity contribution is 7.84. The Hall–Kier alpha value is -1.67. The third kappa shape index (κ3) is 5.32. The van der Waals surface area contributed by atoms with Crippen molar-refractivity contribution in [1.82, 2.24) is 14.6 Å². The van der Waals surface area contributed by atoms with E-state index in [9.17, 15) is 9.00 Å². The molecule has 3 rings (SSSR count). The van der Waals surface area contributed by atoms with Crippen LogP contribution in [0.3, 0.4) is 0 Å². The lowest BCUT2D eigenvalue weighted by molar-refractivity contribution is 0.0102. The number of carbonyl (C=O) groups excluding carboxylic acids is 1. The molecule has 2 aliphatic rings. The Labute approximate surface area is 183 Å². The summed E-state index contributed by atoms with van der Waals surface area (Å²) in [5, 5.41) is 0. The van der Waals surface area contributed by atoms with E-state index in [4.69, 9.17) is 4.74 Å². The van der Waals surface area contributed by atoms with Crippen LogP contribution in [0.5, 0.6) is 0 Å². The standard InChI is InChI=1S/C22H36N4O3S/c1-20(2,3)29-19(27)25-13-10-22(11-14-25)16-26(18-9-7-8-12-23-18)15-17(22)24-30(28)21(4,5)6/h7-9,12,17,24H,10-11,13-16H2,1-6H3/t17-,30-/m1/s1. The van der Waals surface area contributed by atoms with Crippen LogP contribution in [-0.4, -0.2) is 62.8 Å². The molecule has 0 aromatic carbocycles. The number of hydrogen-bond donors (Lipinski definition) is 1. The smallest absolute Gasteiger partial charge is 0.410 e. The molecule has 1 N–H and O–H groups in total. The number of nitrogens with zero attached hydrogens (tertiary/aromatic N) is 3. The monoisotopic (exact) mass is 436 g/mol. The Kier molecular flexibility index (Phi) is 6.49. The predicted octanol–water partition coefficient (Wildman–Crippen LogP) is 3.34. The minimum absolute atomic E-state index is 0.0586. The van der Waals surface area contributed by atoms with Crippen LogP contribution in [-0.2, 0) is 15.7 Å². The fraction of sp³-hybridized carbons (Fsp3) is 0.727. The highest BCUT2D eigenvalue weighted by Gasteiger charge is 2.50. The van der Waals surface area contributed by atoms with Crippen molar-refractivity contribution in [2.45, 2.75) is 70.8 Å². The molecule has 168 valence electrons. The lowest BCUT2D eigenvalue weighted by atomic mass is 9.75. The average Bonchev–Trinajstić information content (AvgIpc) is 2.98. The fourth-order valence-corrected chi connectivity index (χ4v) is 5.06. The minimum atomic E-state index is -1.16. The summed E-state index contributed by atoms with van der Waals surface area (Å²) in [5.41, 5.74) is -0.556. The van der Waals surface area contributed by atoms with Crippen molar-refractivity contribution in [3.8, 4) is 0 Å². The third-order valence-electron chi connectivity index (χ3n) is 5.84. The van der Waals surface area contributed by atoms with Crippen LogP contribution in [0.1, 0.15) is 54.4 Å². The molecule has 8 heteroatoms. The second-order valence-corrected chi connectivity index (χ2v) is 12.4. The van der Waals surface area contributed by atoms with E-state index in [2.05, 4.69) is 14.6 Å². The molecule has 30 heavy (non-hydrogen) atoms. The first kappa shape index (κ1) is 23.0. The molecule has 0 radical (unpaired) electrons. The van der Waals surface area contributed by atoms with Gasteiger partial charge in [0.2, 0.25) is 0 Å². The SMILES string of the molecule is CC(C)(C)OC(=O)N1CCC2(CC1)CN(c1ccccn1)C[C@H]2N[S@](=O)C(C)(C)C. The largest absolute Gasteiger partial charge is 0.444 e. The first-order valence-corrected chi connectivity index (χ1v) is 11.9. The summed E-state index contributed by atoms with van der Waals surface area (Å²) in [6, 6.07) is 6.00. The van der Waals surface area contributed by atoms with Crippen molar-refractivity contribution in [3.05, 3.63) is 24.4 Å². The molecule has 7 nitrogen and oxygen atoms in total. The van der Waals surface area contributed by atoms with Gasteiger partial charge in [0.1, 0.15) is 11.4 Å². The number of carbonyl (C=O) groups is 1. The van der Waals surface area contributed by atoms with Crippen molar-refractivity contribution < 1.29 is 13.7 Å². The number of aromatic nitrogens is 1. The zero-order chi connectivity index (χ0) is 22.2. The lowest BCUT2D eigenvalue weighted by Gasteiger charge is -2.43. The van der Waals surface area contributed by atoms with Crippen molar-refractivity contribution in [1.29, 1.82) is 0 Å². The number of hydrogen-bond acceptors (Lipinski definition) is 5. The topological polar surface area (TPSA) is 74.8 Å². The van der Waals surface area contributed by atoms with E-state index < -0.39 is 16.6 Å².